The van der Waals surface area contributed by atoms with Crippen molar-refractivity contribution in [1.82, 2.24) is 0 Å². The molecule has 7 nitrogen and oxygen atoms in total. The third-order valence-corrected chi connectivity index (χ3v) is 7.25. The van der Waals surface area contributed by atoms with Gasteiger partial charge in [0, 0.05) is 0 Å². The van der Waals surface area contributed by atoms with Gasteiger partial charge in [-0.1, -0.05) is 102 Å². The van der Waals surface area contributed by atoms with Gasteiger partial charge in [-0.2, -0.15) is 4.31 Å². The second kappa shape index (κ2) is 16.0. The minimum absolute atomic E-state index is 0.0435. The predicted molar refractivity (Wildman–Crippen MR) is 119 cm³/mol. The molecule has 0 fully saturated rings. The van der Waals surface area contributed by atoms with Crippen molar-refractivity contribution in [2.45, 2.75) is 90.4 Å². The molecule has 0 saturated heterocycles. The zero-order chi connectivity index (χ0) is 22.1. The fourth-order valence-corrected chi connectivity index (χ4v) is 5.25. The fourth-order valence-electron chi connectivity index (χ4n) is 3.10. The molecule has 9 heteroatoms. The fraction of sp³-hybridized carbons (Fsp3) is 0.714. The summed E-state index contributed by atoms with van der Waals surface area (Å²) < 4.78 is 38.2. The minimum Gasteiger partial charge on any atom is -0.404 e. The highest BCUT2D eigenvalue weighted by Crippen LogP contribution is 2.60. The molecule has 0 radical (unpaired) electrons. The van der Waals surface area contributed by atoms with E-state index in [1.54, 1.807) is 18.2 Å². The van der Waals surface area contributed by atoms with Gasteiger partial charge in [0.15, 0.2) is 0 Å². The normalized spacial score (nSPS) is 13.8. The van der Waals surface area contributed by atoms with Crippen LogP contribution in [0.15, 0.2) is 30.3 Å². The lowest BCUT2D eigenvalue weighted by molar-refractivity contribution is 0.181. The molecule has 0 saturated carbocycles. The Hall–Kier alpha value is -0.680. The van der Waals surface area contributed by atoms with Crippen molar-refractivity contribution in [1.29, 1.82) is 0 Å². The number of hydrogen-bond acceptors (Lipinski definition) is 5. The molecule has 0 bridgehead atoms. The van der Waals surface area contributed by atoms with E-state index >= 15 is 0 Å². The van der Waals surface area contributed by atoms with Crippen LogP contribution >= 0.6 is 15.6 Å². The Labute approximate surface area is 181 Å². The Kier molecular flexibility index (Phi) is 14.6. The summed E-state index contributed by atoms with van der Waals surface area (Å²) >= 11 is 0. The molecule has 1 atom stereocenters. The van der Waals surface area contributed by atoms with Crippen LogP contribution in [0.25, 0.3) is 0 Å². The van der Waals surface area contributed by atoms with Gasteiger partial charge in [0.1, 0.15) is 5.75 Å². The van der Waals surface area contributed by atoms with Crippen molar-refractivity contribution in [3.8, 4) is 5.75 Å². The summed E-state index contributed by atoms with van der Waals surface area (Å²) in [5, 5.41) is 0. The molecule has 0 heterocycles. The number of hydrogen-bond donors (Lipinski definition) is 2. The first-order chi connectivity index (χ1) is 14.3. The third-order valence-electron chi connectivity index (χ3n) is 4.66. The van der Waals surface area contributed by atoms with Crippen molar-refractivity contribution in [3.63, 3.8) is 0 Å². The van der Waals surface area contributed by atoms with Gasteiger partial charge in [-0.3, -0.25) is 4.52 Å². The van der Waals surface area contributed by atoms with Gasteiger partial charge in [-0.15, -0.1) is 0 Å². The number of phosphoric acid groups is 2. The van der Waals surface area contributed by atoms with Gasteiger partial charge in [0.2, 0.25) is 0 Å². The maximum atomic E-state index is 12.6. The topological polar surface area (TPSA) is 102 Å². The van der Waals surface area contributed by atoms with Crippen molar-refractivity contribution in [2.24, 2.45) is 0 Å². The molecule has 30 heavy (non-hydrogen) atoms. The van der Waals surface area contributed by atoms with Crippen LogP contribution in [0, 0.1) is 0 Å². The van der Waals surface area contributed by atoms with E-state index in [4.69, 9.17) is 18.8 Å². The molecule has 0 aliphatic carbocycles. The molecule has 0 aliphatic heterocycles. The van der Waals surface area contributed by atoms with Crippen molar-refractivity contribution in [2.75, 3.05) is 6.61 Å². The number of para-hydroxylation sites is 1. The summed E-state index contributed by atoms with van der Waals surface area (Å²) in [6, 6.07) is 8.03. The van der Waals surface area contributed by atoms with Crippen LogP contribution in [0.4, 0.5) is 0 Å². The first-order valence-corrected chi connectivity index (χ1v) is 14.1. The Morgan fingerprint density at radius 1 is 0.733 bits per heavy atom. The lowest BCUT2D eigenvalue weighted by atomic mass is 10.0. The molecule has 0 aromatic heterocycles. The first-order valence-electron chi connectivity index (χ1n) is 11.1. The number of benzene rings is 1. The molecular weight excluding hydrogens is 426 g/mol. The van der Waals surface area contributed by atoms with Crippen LogP contribution in [0.1, 0.15) is 90.4 Å². The highest BCUT2D eigenvalue weighted by Gasteiger charge is 2.37. The predicted octanol–water partition coefficient (Wildman–Crippen LogP) is 7.39. The Morgan fingerprint density at radius 2 is 1.20 bits per heavy atom. The molecule has 2 N–H and O–H groups in total. The van der Waals surface area contributed by atoms with Gasteiger partial charge >= 0.3 is 15.6 Å². The third kappa shape index (κ3) is 15.2. The Bertz CT molecular complexity index is 634. The average Bonchev–Trinajstić information content (AvgIpc) is 2.67. The molecule has 174 valence electrons. The second-order valence-corrected chi connectivity index (χ2v) is 10.5. The van der Waals surface area contributed by atoms with Crippen LogP contribution in [-0.4, -0.2) is 16.4 Å². The summed E-state index contributed by atoms with van der Waals surface area (Å²) in [4.78, 5) is 18.0. The summed E-state index contributed by atoms with van der Waals surface area (Å²) in [5.74, 6) is 0.152. The zero-order valence-corrected chi connectivity index (χ0v) is 19.9. The highest BCUT2D eigenvalue weighted by molar-refractivity contribution is 7.61. The second-order valence-electron chi connectivity index (χ2n) is 7.50. The van der Waals surface area contributed by atoms with E-state index in [9.17, 15) is 9.13 Å². The quantitative estimate of drug-likeness (QED) is 0.162. The highest BCUT2D eigenvalue weighted by atomic mass is 31.3. The van der Waals surface area contributed by atoms with Crippen LogP contribution in [-0.2, 0) is 18.0 Å². The van der Waals surface area contributed by atoms with Gasteiger partial charge in [-0.25, -0.2) is 9.13 Å². The van der Waals surface area contributed by atoms with Gasteiger partial charge in [0.25, 0.3) is 0 Å². The lowest BCUT2D eigenvalue weighted by Gasteiger charge is -2.18. The van der Waals surface area contributed by atoms with E-state index in [1.807, 2.05) is 0 Å². The minimum atomic E-state index is -5.03. The number of phosphoric ester groups is 1. The summed E-state index contributed by atoms with van der Waals surface area (Å²) in [6.07, 6.45) is 15.5. The van der Waals surface area contributed by atoms with Crippen LogP contribution in [0.5, 0.6) is 5.75 Å². The molecule has 0 aliphatic rings. The van der Waals surface area contributed by atoms with E-state index in [0.717, 1.165) is 19.3 Å². The Balaban J connectivity index is 2.14. The molecule has 1 aromatic carbocycles. The molecule has 0 spiro atoms. The largest absolute Gasteiger partial charge is 0.539 e. The maximum absolute atomic E-state index is 12.6. The summed E-state index contributed by atoms with van der Waals surface area (Å²) in [6.45, 7) is 2.28. The summed E-state index contributed by atoms with van der Waals surface area (Å²) in [5.41, 5.74) is 0. The SMILES string of the molecule is CCCCCCCCCCCCCCCOP(=O)(Oc1ccccc1)OP(=O)(O)O. The van der Waals surface area contributed by atoms with Crippen molar-refractivity contribution in [3.05, 3.63) is 30.3 Å². The summed E-state index contributed by atoms with van der Waals surface area (Å²) in [7, 11) is -9.44. The lowest BCUT2D eigenvalue weighted by Crippen LogP contribution is -2.03. The van der Waals surface area contributed by atoms with Crippen LogP contribution in [0.3, 0.4) is 0 Å². The molecule has 1 aromatic rings. The van der Waals surface area contributed by atoms with E-state index in [-0.39, 0.29) is 12.4 Å². The van der Waals surface area contributed by atoms with E-state index in [2.05, 4.69) is 11.2 Å². The standard InChI is InChI=1S/C21H38O7P2/c1-2-3-4-5-6-7-8-9-10-11-12-13-17-20-26-30(25,28-29(22,23)24)27-21-18-15-14-16-19-21/h14-16,18-19H,2-13,17,20H2,1H3,(H2,22,23,24). The monoisotopic (exact) mass is 464 g/mol. The van der Waals surface area contributed by atoms with Crippen LogP contribution in [0.2, 0.25) is 0 Å². The zero-order valence-electron chi connectivity index (χ0n) is 18.1. The van der Waals surface area contributed by atoms with Crippen molar-refractivity contribution < 1.29 is 32.3 Å². The van der Waals surface area contributed by atoms with Gasteiger partial charge in [-0.05, 0) is 18.6 Å². The van der Waals surface area contributed by atoms with Gasteiger partial charge in [0.05, 0.1) is 6.61 Å². The molecule has 0 amide bonds. The molecule has 1 unspecified atom stereocenters. The number of unbranched alkanes of at least 4 members (excludes halogenated alkanes) is 12. The van der Waals surface area contributed by atoms with E-state index in [1.165, 1.54) is 69.9 Å². The maximum Gasteiger partial charge on any atom is 0.539 e. The molecular formula is C21H38O7P2. The van der Waals surface area contributed by atoms with Crippen LogP contribution < -0.4 is 4.52 Å². The first kappa shape index (κ1) is 27.4. The van der Waals surface area contributed by atoms with Crippen molar-refractivity contribution >= 4 is 15.6 Å². The van der Waals surface area contributed by atoms with E-state index < -0.39 is 15.6 Å². The van der Waals surface area contributed by atoms with Gasteiger partial charge < -0.3 is 14.3 Å². The Morgan fingerprint density at radius 3 is 1.67 bits per heavy atom. The average molecular weight is 464 g/mol. The molecule has 1 rings (SSSR count). The van der Waals surface area contributed by atoms with E-state index in [0.29, 0.717) is 6.42 Å². The smallest absolute Gasteiger partial charge is 0.404 e. The number of rotatable bonds is 19.